The molecule has 0 aliphatic carbocycles. The number of hydrogen-bond acceptors (Lipinski definition) is 8. The summed E-state index contributed by atoms with van der Waals surface area (Å²) >= 11 is 4.77. The first-order chi connectivity index (χ1) is 20.3. The van der Waals surface area contributed by atoms with E-state index < -0.39 is 0 Å². The van der Waals surface area contributed by atoms with Crippen LogP contribution in [-0.2, 0) is 6.42 Å². The van der Waals surface area contributed by atoms with E-state index in [9.17, 15) is 0 Å². The van der Waals surface area contributed by atoms with Crippen molar-refractivity contribution in [1.82, 2.24) is 29.5 Å². The summed E-state index contributed by atoms with van der Waals surface area (Å²) in [4.78, 5) is 25.7. The molecule has 0 atom stereocenters. The molecule has 8 aromatic rings. The predicted molar refractivity (Wildman–Crippen MR) is 171 cm³/mol. The first-order valence-corrected chi connectivity index (χ1v) is 16.0. The fraction of sp³-hybridized carbons (Fsp3) is 0.0938. The average molecular weight is 587 g/mol. The quantitative estimate of drug-likeness (QED) is 0.194. The average Bonchev–Trinajstić information content (AvgIpc) is 3.81. The van der Waals surface area contributed by atoms with Crippen LogP contribution in [0.5, 0.6) is 0 Å². The molecule has 9 heteroatoms. The van der Waals surface area contributed by atoms with Gasteiger partial charge in [0.2, 0.25) is 0 Å². The van der Waals surface area contributed by atoms with Crippen LogP contribution in [0.3, 0.4) is 0 Å². The lowest BCUT2D eigenvalue weighted by molar-refractivity contribution is 0.823. The second-order valence-electron chi connectivity index (χ2n) is 9.72. The molecular formula is C32H22N6S3. The van der Waals surface area contributed by atoms with E-state index in [4.69, 9.17) is 19.9 Å². The summed E-state index contributed by atoms with van der Waals surface area (Å²) < 4.78 is 2.31. The van der Waals surface area contributed by atoms with Crippen molar-refractivity contribution in [3.05, 3.63) is 95.6 Å². The number of aryl methyl sites for hydroxylation is 1. The van der Waals surface area contributed by atoms with Gasteiger partial charge in [-0.05, 0) is 58.3 Å². The highest BCUT2D eigenvalue weighted by molar-refractivity contribution is 7.21. The number of imidazole rings is 1. The monoisotopic (exact) mass is 586 g/mol. The summed E-state index contributed by atoms with van der Waals surface area (Å²) in [5.74, 6) is 1.07. The van der Waals surface area contributed by atoms with E-state index in [1.807, 2.05) is 0 Å². The SMILES string of the molecule is CCCc1nc2cc(-c3ccccc3-c3ccccc3)c(-c3nc4nc5scnc5nc4s3)cc2n1-c1cccs1. The number of hydrogen-bond donors (Lipinski definition) is 0. The van der Waals surface area contributed by atoms with Gasteiger partial charge in [-0.1, -0.05) is 72.9 Å². The molecular weight excluding hydrogens is 565 g/mol. The van der Waals surface area contributed by atoms with Crippen molar-refractivity contribution in [3.63, 3.8) is 0 Å². The van der Waals surface area contributed by atoms with E-state index in [1.54, 1.807) is 28.2 Å². The number of rotatable bonds is 6. The third-order valence-electron chi connectivity index (χ3n) is 7.13. The fourth-order valence-electron chi connectivity index (χ4n) is 5.34. The van der Waals surface area contributed by atoms with Gasteiger partial charge >= 0.3 is 0 Å². The van der Waals surface area contributed by atoms with Crippen LogP contribution < -0.4 is 0 Å². The Kier molecular flexibility index (Phi) is 5.94. The van der Waals surface area contributed by atoms with Gasteiger partial charge in [0.15, 0.2) is 21.0 Å². The minimum Gasteiger partial charge on any atom is -0.287 e. The smallest absolute Gasteiger partial charge is 0.191 e. The van der Waals surface area contributed by atoms with Gasteiger partial charge in [-0.25, -0.2) is 24.9 Å². The molecule has 3 aromatic carbocycles. The number of fused-ring (bicyclic) bond motifs is 3. The molecule has 6 nitrogen and oxygen atoms in total. The molecule has 0 amide bonds. The first-order valence-electron chi connectivity index (χ1n) is 13.4. The molecule has 0 N–H and O–H groups in total. The summed E-state index contributed by atoms with van der Waals surface area (Å²) in [6.45, 7) is 2.20. The summed E-state index contributed by atoms with van der Waals surface area (Å²) in [6, 6.07) is 27.9. The molecule has 0 unspecified atom stereocenters. The summed E-state index contributed by atoms with van der Waals surface area (Å²) in [5, 5.41) is 4.17. The third-order valence-corrected chi connectivity index (χ3v) is 9.67. The van der Waals surface area contributed by atoms with E-state index in [2.05, 4.69) is 101 Å². The lowest BCUT2D eigenvalue weighted by Gasteiger charge is -2.14. The van der Waals surface area contributed by atoms with Crippen LogP contribution in [0.15, 0.2) is 89.8 Å². The van der Waals surface area contributed by atoms with E-state index >= 15 is 0 Å². The van der Waals surface area contributed by atoms with Gasteiger partial charge in [0.05, 0.1) is 16.5 Å². The molecule has 0 aliphatic rings. The van der Waals surface area contributed by atoms with E-state index in [1.165, 1.54) is 27.5 Å². The van der Waals surface area contributed by atoms with Gasteiger partial charge in [-0.3, -0.25) is 4.57 Å². The number of benzene rings is 3. The Morgan fingerprint density at radius 3 is 2.37 bits per heavy atom. The standard InChI is InChI=1S/C32H22N6S3/c1-2-9-26-34-24-16-22(21-13-7-6-12-20(21)19-10-4-3-5-11-19)23(17-25(24)38(26)27-14-8-15-39-27)30-36-29-32(41-30)35-28-31(37-29)40-18-33-28/h3-8,10-18H,2,9H2,1H3. The van der Waals surface area contributed by atoms with E-state index in [0.717, 1.165) is 61.1 Å². The highest BCUT2D eigenvalue weighted by Gasteiger charge is 2.22. The van der Waals surface area contributed by atoms with Crippen molar-refractivity contribution in [2.45, 2.75) is 19.8 Å². The molecule has 0 radical (unpaired) electrons. The van der Waals surface area contributed by atoms with Crippen molar-refractivity contribution in [2.75, 3.05) is 0 Å². The van der Waals surface area contributed by atoms with Crippen LogP contribution in [0.1, 0.15) is 19.2 Å². The first kappa shape index (κ1) is 24.5. The van der Waals surface area contributed by atoms with Crippen molar-refractivity contribution in [2.24, 2.45) is 0 Å². The largest absolute Gasteiger partial charge is 0.287 e. The molecule has 5 aromatic heterocycles. The van der Waals surface area contributed by atoms with Gasteiger partial charge in [0.1, 0.15) is 15.8 Å². The predicted octanol–water partition coefficient (Wildman–Crippen LogP) is 9.05. The zero-order valence-corrected chi connectivity index (χ0v) is 24.4. The van der Waals surface area contributed by atoms with Crippen LogP contribution in [0.25, 0.3) is 69.8 Å². The molecule has 0 fully saturated rings. The normalized spacial score (nSPS) is 11.7. The molecule has 0 bridgehead atoms. The maximum Gasteiger partial charge on any atom is 0.191 e. The topological polar surface area (TPSA) is 69.4 Å². The number of thiazole rings is 2. The third kappa shape index (κ3) is 4.16. The lowest BCUT2D eigenvalue weighted by atomic mass is 9.91. The van der Waals surface area contributed by atoms with Crippen molar-refractivity contribution < 1.29 is 0 Å². The van der Waals surface area contributed by atoms with Crippen molar-refractivity contribution in [3.8, 4) is 37.8 Å². The van der Waals surface area contributed by atoms with Gasteiger partial charge in [-0.15, -0.1) is 22.7 Å². The second-order valence-corrected chi connectivity index (χ2v) is 12.5. The molecule has 41 heavy (non-hydrogen) atoms. The highest BCUT2D eigenvalue weighted by Crippen LogP contribution is 2.43. The fourth-order valence-corrected chi connectivity index (χ4v) is 7.61. The molecule has 0 aliphatic heterocycles. The Labute approximate surface area is 247 Å². The maximum atomic E-state index is 5.18. The zero-order valence-electron chi connectivity index (χ0n) is 22.0. The van der Waals surface area contributed by atoms with Crippen molar-refractivity contribution >= 4 is 66.0 Å². The van der Waals surface area contributed by atoms with Crippen LogP contribution in [0, 0.1) is 0 Å². The molecule has 198 valence electrons. The maximum absolute atomic E-state index is 5.18. The van der Waals surface area contributed by atoms with Gasteiger partial charge in [0.25, 0.3) is 0 Å². The summed E-state index contributed by atoms with van der Waals surface area (Å²) in [7, 11) is 0. The Morgan fingerprint density at radius 1 is 0.707 bits per heavy atom. The minimum absolute atomic E-state index is 0.655. The van der Waals surface area contributed by atoms with Crippen LogP contribution in [-0.4, -0.2) is 29.5 Å². The van der Waals surface area contributed by atoms with Crippen molar-refractivity contribution in [1.29, 1.82) is 0 Å². The van der Waals surface area contributed by atoms with Gasteiger partial charge in [0, 0.05) is 12.0 Å². The Balaban J connectivity index is 1.44. The van der Waals surface area contributed by atoms with Gasteiger partial charge < -0.3 is 0 Å². The van der Waals surface area contributed by atoms with Crippen LogP contribution in [0.2, 0.25) is 0 Å². The lowest BCUT2D eigenvalue weighted by Crippen LogP contribution is -1.99. The van der Waals surface area contributed by atoms with Crippen LogP contribution in [0.4, 0.5) is 0 Å². The zero-order chi connectivity index (χ0) is 27.3. The molecule has 0 spiro atoms. The second kappa shape index (κ2) is 9.95. The number of thiophene rings is 1. The highest BCUT2D eigenvalue weighted by atomic mass is 32.1. The minimum atomic E-state index is 0.655. The molecule has 5 heterocycles. The van der Waals surface area contributed by atoms with E-state index in [-0.39, 0.29) is 0 Å². The number of aromatic nitrogens is 6. The Morgan fingerprint density at radius 2 is 1.54 bits per heavy atom. The Hall–Kier alpha value is -4.31. The summed E-state index contributed by atoms with van der Waals surface area (Å²) in [6.07, 6.45) is 1.92. The Bertz CT molecular complexity index is 2130. The molecule has 0 saturated heterocycles. The van der Waals surface area contributed by atoms with Crippen LogP contribution >= 0.6 is 34.0 Å². The molecule has 0 saturated carbocycles. The molecule has 8 rings (SSSR count). The summed E-state index contributed by atoms with van der Waals surface area (Å²) in [5.41, 5.74) is 10.8. The van der Waals surface area contributed by atoms with E-state index in [0.29, 0.717) is 11.3 Å². The van der Waals surface area contributed by atoms with Gasteiger partial charge in [-0.2, -0.15) is 0 Å². The number of nitrogens with zero attached hydrogens (tertiary/aromatic N) is 6.